The monoisotopic (exact) mass is 880 g/mol. The molecule has 0 bridgehead atoms. The van der Waals surface area contributed by atoms with Crippen LogP contribution in [-0.2, 0) is 0 Å². The zero-order chi connectivity index (χ0) is 45.9. The Bertz CT molecular complexity index is 3500. The quantitative estimate of drug-likeness (QED) is 0.121. The summed E-state index contributed by atoms with van der Waals surface area (Å²) in [6.07, 6.45) is 9.26. The molecule has 0 unspecified atom stereocenters. The first kappa shape index (κ1) is 41.5. The molecule has 10 aromatic rings. The maximum atomic E-state index is 2.41. The normalized spacial score (nSPS) is 13.5. The molecular weight excluding hydrogens is 833 g/mol. The Morgan fingerprint density at radius 3 is 1.07 bits per heavy atom. The Hall–Kier alpha value is -8.98. The van der Waals surface area contributed by atoms with Crippen LogP contribution in [0.25, 0.3) is 66.8 Å². The van der Waals surface area contributed by atoms with Gasteiger partial charge in [-0.2, -0.15) is 0 Å². The maximum absolute atomic E-state index is 2.41. The molecule has 0 N–H and O–H groups in total. The summed E-state index contributed by atoms with van der Waals surface area (Å²) in [6, 6.07) is 94.4. The van der Waals surface area contributed by atoms with Crippen molar-refractivity contribution in [1.29, 1.82) is 0 Å². The van der Waals surface area contributed by atoms with Gasteiger partial charge in [-0.15, -0.1) is 0 Å². The predicted octanol–water partition coefficient (Wildman–Crippen LogP) is 18.3. The van der Waals surface area contributed by atoms with Crippen LogP contribution in [0.5, 0.6) is 0 Å². The summed E-state index contributed by atoms with van der Waals surface area (Å²) in [6.45, 7) is 0. The molecule has 10 aromatic carbocycles. The van der Waals surface area contributed by atoms with Crippen molar-refractivity contribution in [2.24, 2.45) is 5.92 Å². The van der Waals surface area contributed by atoms with E-state index in [1.54, 1.807) is 0 Å². The Labute approximate surface area is 405 Å². The molecule has 2 heteroatoms. The number of nitrogens with zero attached hydrogens (tertiary/aromatic N) is 2. The predicted molar refractivity (Wildman–Crippen MR) is 291 cm³/mol. The second-order valence-corrected chi connectivity index (χ2v) is 17.7. The molecule has 0 saturated heterocycles. The minimum atomic E-state index is 0.456. The van der Waals surface area contributed by atoms with Crippen molar-refractivity contribution in [3.8, 4) is 66.8 Å². The molecule has 69 heavy (non-hydrogen) atoms. The zero-order valence-electron chi connectivity index (χ0n) is 38.1. The lowest BCUT2D eigenvalue weighted by Crippen LogP contribution is -2.16. The topological polar surface area (TPSA) is 6.48 Å². The van der Waals surface area contributed by atoms with Gasteiger partial charge in [-0.05, 0) is 145 Å². The fourth-order valence-electron chi connectivity index (χ4n) is 9.85. The molecule has 1 atom stereocenters. The van der Waals surface area contributed by atoms with Gasteiger partial charge in [0.2, 0.25) is 0 Å². The van der Waals surface area contributed by atoms with Crippen molar-refractivity contribution in [3.63, 3.8) is 0 Å². The van der Waals surface area contributed by atoms with Gasteiger partial charge in [0.15, 0.2) is 0 Å². The number of fused-ring (bicyclic) bond motifs is 1. The molecule has 0 aliphatic heterocycles. The first-order chi connectivity index (χ1) is 34.2. The van der Waals surface area contributed by atoms with Crippen LogP contribution in [0.2, 0.25) is 0 Å². The number of hydrogen-bond acceptors (Lipinski definition) is 2. The smallest absolute Gasteiger partial charge is 0.0468 e. The van der Waals surface area contributed by atoms with Crippen molar-refractivity contribution >= 4 is 28.4 Å². The summed E-state index contributed by atoms with van der Waals surface area (Å²) in [5.41, 5.74) is 22.1. The van der Waals surface area contributed by atoms with E-state index in [1.807, 2.05) is 0 Å². The van der Waals surface area contributed by atoms with Crippen LogP contribution >= 0.6 is 0 Å². The van der Waals surface area contributed by atoms with Crippen molar-refractivity contribution in [2.75, 3.05) is 9.80 Å². The standard InChI is InChI=1S/C67H48N2/c1-6-18-48(19-7-1)50-30-35-57(36-31-50)68(56-26-14-5-15-27-56)60-40-42-64(66(46-60)52-22-10-3-11-23-52)62-28-16-17-29-63(62)65-43-41-61(47-67(65)53-24-12-4-13-25-53)69(59-39-34-54-44-55(54)45-59)58-37-32-51(33-38-58)49-20-8-2-9-21-49/h1-47,54H/t54-/m1/s1. The molecule has 0 fully saturated rings. The highest BCUT2D eigenvalue weighted by atomic mass is 15.2. The number of hydrogen-bond donors (Lipinski definition) is 0. The van der Waals surface area contributed by atoms with E-state index in [0.29, 0.717) is 5.92 Å². The second kappa shape index (κ2) is 18.4. The van der Waals surface area contributed by atoms with Crippen molar-refractivity contribution in [3.05, 3.63) is 296 Å². The summed E-state index contributed by atoms with van der Waals surface area (Å²) in [5.74, 6) is 0.456. The molecule has 326 valence electrons. The van der Waals surface area contributed by atoms with Gasteiger partial charge >= 0.3 is 0 Å². The Balaban J connectivity index is 0.993. The first-order valence-corrected chi connectivity index (χ1v) is 23.8. The van der Waals surface area contributed by atoms with Crippen molar-refractivity contribution < 1.29 is 0 Å². The fraction of sp³-hybridized carbons (Fsp3) is 0.0149. The van der Waals surface area contributed by atoms with E-state index in [2.05, 4.69) is 295 Å². The highest BCUT2D eigenvalue weighted by molar-refractivity contribution is 5.98. The molecule has 0 amide bonds. The van der Waals surface area contributed by atoms with Crippen LogP contribution in [0, 0.1) is 5.92 Å². The summed E-state index contributed by atoms with van der Waals surface area (Å²) in [5, 5.41) is 0. The minimum Gasteiger partial charge on any atom is -0.310 e. The zero-order valence-corrected chi connectivity index (χ0v) is 38.1. The van der Waals surface area contributed by atoms with Crippen LogP contribution in [0.3, 0.4) is 0 Å². The van der Waals surface area contributed by atoms with Gasteiger partial charge in [0.05, 0.1) is 0 Å². The lowest BCUT2D eigenvalue weighted by molar-refractivity contribution is 1.12. The molecule has 0 aromatic heterocycles. The largest absolute Gasteiger partial charge is 0.310 e. The van der Waals surface area contributed by atoms with E-state index >= 15 is 0 Å². The van der Waals surface area contributed by atoms with E-state index in [1.165, 1.54) is 55.6 Å². The van der Waals surface area contributed by atoms with Crippen molar-refractivity contribution in [2.45, 2.75) is 0 Å². The van der Waals surface area contributed by atoms with E-state index in [9.17, 15) is 0 Å². The van der Waals surface area contributed by atoms with Crippen LogP contribution in [0.1, 0.15) is 0 Å². The lowest BCUT2D eigenvalue weighted by atomic mass is 9.86. The van der Waals surface area contributed by atoms with Gasteiger partial charge in [-0.3, -0.25) is 0 Å². The number of allylic oxidation sites excluding steroid dienone is 5. The molecule has 2 aliphatic carbocycles. The highest BCUT2D eigenvalue weighted by Crippen LogP contribution is 2.47. The average Bonchev–Trinajstić information content (AvgIpc) is 4.22. The molecule has 0 saturated carbocycles. The lowest BCUT2D eigenvalue weighted by Gasteiger charge is -2.29. The first-order valence-electron chi connectivity index (χ1n) is 23.8. The van der Waals surface area contributed by atoms with Gasteiger partial charge in [-0.1, -0.05) is 212 Å². The average molecular weight is 881 g/mol. The third-order valence-electron chi connectivity index (χ3n) is 13.4. The molecule has 12 rings (SSSR count). The summed E-state index contributed by atoms with van der Waals surface area (Å²) >= 11 is 0. The molecule has 2 aliphatic rings. The van der Waals surface area contributed by atoms with Gasteiger partial charge in [0.1, 0.15) is 0 Å². The van der Waals surface area contributed by atoms with Crippen molar-refractivity contribution in [1.82, 2.24) is 0 Å². The van der Waals surface area contributed by atoms with E-state index in [0.717, 1.165) is 50.8 Å². The summed E-state index contributed by atoms with van der Waals surface area (Å²) < 4.78 is 0. The molecule has 0 spiro atoms. The van der Waals surface area contributed by atoms with Gasteiger partial charge < -0.3 is 9.80 Å². The Kier molecular flexibility index (Phi) is 11.0. The number of anilines is 5. The number of benzene rings is 10. The van der Waals surface area contributed by atoms with E-state index in [-0.39, 0.29) is 0 Å². The number of rotatable bonds is 12. The van der Waals surface area contributed by atoms with Crippen LogP contribution in [-0.4, -0.2) is 0 Å². The maximum Gasteiger partial charge on any atom is 0.0468 e. The van der Waals surface area contributed by atoms with Crippen LogP contribution < -0.4 is 9.80 Å². The van der Waals surface area contributed by atoms with E-state index < -0.39 is 0 Å². The third kappa shape index (κ3) is 8.41. The molecule has 0 radical (unpaired) electrons. The molecule has 2 nitrogen and oxygen atoms in total. The fourth-order valence-corrected chi connectivity index (χ4v) is 9.85. The van der Waals surface area contributed by atoms with E-state index in [4.69, 9.17) is 0 Å². The minimum absolute atomic E-state index is 0.456. The Morgan fingerprint density at radius 1 is 0.261 bits per heavy atom. The third-order valence-corrected chi connectivity index (χ3v) is 13.4. The van der Waals surface area contributed by atoms with Crippen LogP contribution in [0.4, 0.5) is 28.4 Å². The summed E-state index contributed by atoms with van der Waals surface area (Å²) in [7, 11) is 0. The van der Waals surface area contributed by atoms with Gasteiger partial charge in [0, 0.05) is 40.1 Å². The molecule has 0 heterocycles. The SMILES string of the molecule is C1=C[C@@H]2C=C2C=C1N(c1ccc(-c2ccccc2)cc1)c1ccc(-c2ccccc2-c2ccc(N(c3ccccc3)c3ccc(-c4ccccc4)cc3)cc2-c2ccccc2)c(-c2ccccc2)c1. The highest BCUT2D eigenvalue weighted by Gasteiger charge is 2.27. The molecular formula is C67H48N2. The van der Waals surface area contributed by atoms with Crippen LogP contribution in [0.15, 0.2) is 296 Å². The van der Waals surface area contributed by atoms with Gasteiger partial charge in [0.25, 0.3) is 0 Å². The Morgan fingerprint density at radius 2 is 0.609 bits per heavy atom. The number of para-hydroxylation sites is 1. The van der Waals surface area contributed by atoms with Gasteiger partial charge in [-0.25, -0.2) is 0 Å². The summed E-state index contributed by atoms with van der Waals surface area (Å²) in [4.78, 5) is 4.77. The second-order valence-electron chi connectivity index (χ2n) is 17.7.